The minimum Gasteiger partial charge on any atom is -0.312 e. The van der Waals surface area contributed by atoms with Crippen molar-refractivity contribution in [1.29, 1.82) is 0 Å². The molecule has 0 unspecified atom stereocenters. The van der Waals surface area contributed by atoms with Crippen LogP contribution in [-0.4, -0.2) is 18.7 Å². The summed E-state index contributed by atoms with van der Waals surface area (Å²) in [6, 6.07) is 5.48. The standard InChI is InChI=1S/C11H11NO2/c1-8(14)12-5-4-10-3-2-9(7-13)6-11(10)12/h2-3,6-7H,4-5H2,1H3. The Morgan fingerprint density at radius 3 is 2.93 bits per heavy atom. The zero-order valence-electron chi connectivity index (χ0n) is 7.99. The molecule has 0 aliphatic carbocycles. The van der Waals surface area contributed by atoms with Gasteiger partial charge in [-0.3, -0.25) is 9.59 Å². The lowest BCUT2D eigenvalue weighted by Crippen LogP contribution is -2.25. The van der Waals surface area contributed by atoms with Crippen molar-refractivity contribution in [3.63, 3.8) is 0 Å². The molecule has 0 atom stereocenters. The Balaban J connectivity index is 2.46. The fourth-order valence-electron chi connectivity index (χ4n) is 1.80. The van der Waals surface area contributed by atoms with E-state index in [0.29, 0.717) is 5.56 Å². The van der Waals surface area contributed by atoms with E-state index in [-0.39, 0.29) is 5.91 Å². The lowest BCUT2D eigenvalue weighted by molar-refractivity contribution is -0.116. The monoisotopic (exact) mass is 189 g/mol. The first-order valence-electron chi connectivity index (χ1n) is 4.58. The maximum atomic E-state index is 11.2. The van der Waals surface area contributed by atoms with Crippen LogP contribution in [0.3, 0.4) is 0 Å². The Hall–Kier alpha value is -1.64. The van der Waals surface area contributed by atoms with Crippen LogP contribution in [0.1, 0.15) is 22.8 Å². The number of fused-ring (bicyclic) bond motifs is 1. The summed E-state index contributed by atoms with van der Waals surface area (Å²) in [6.07, 6.45) is 1.69. The first kappa shape index (κ1) is 8.94. The molecule has 0 fully saturated rings. The number of carbonyl (C=O) groups is 2. The number of rotatable bonds is 1. The van der Waals surface area contributed by atoms with Crippen molar-refractivity contribution in [3.8, 4) is 0 Å². The van der Waals surface area contributed by atoms with Crippen LogP contribution in [0, 0.1) is 0 Å². The first-order chi connectivity index (χ1) is 6.72. The highest BCUT2D eigenvalue weighted by atomic mass is 16.2. The van der Waals surface area contributed by atoms with Gasteiger partial charge >= 0.3 is 0 Å². The molecule has 0 bridgehead atoms. The number of nitrogens with zero attached hydrogens (tertiary/aromatic N) is 1. The van der Waals surface area contributed by atoms with E-state index in [1.54, 1.807) is 24.0 Å². The highest BCUT2D eigenvalue weighted by Gasteiger charge is 2.21. The SMILES string of the molecule is CC(=O)N1CCc2ccc(C=O)cc21. The van der Waals surface area contributed by atoms with Crippen molar-refractivity contribution in [2.24, 2.45) is 0 Å². The van der Waals surface area contributed by atoms with Crippen molar-refractivity contribution in [2.75, 3.05) is 11.4 Å². The van der Waals surface area contributed by atoms with Gasteiger partial charge in [0.2, 0.25) is 5.91 Å². The van der Waals surface area contributed by atoms with Gasteiger partial charge in [-0.15, -0.1) is 0 Å². The van der Waals surface area contributed by atoms with Crippen LogP contribution in [0.4, 0.5) is 5.69 Å². The molecule has 1 amide bonds. The van der Waals surface area contributed by atoms with Gasteiger partial charge in [-0.1, -0.05) is 12.1 Å². The molecule has 2 rings (SSSR count). The molecule has 1 aromatic carbocycles. The Morgan fingerprint density at radius 1 is 1.50 bits per heavy atom. The molecular weight excluding hydrogens is 178 g/mol. The van der Waals surface area contributed by atoms with Crippen LogP contribution in [0.15, 0.2) is 18.2 Å². The van der Waals surface area contributed by atoms with E-state index >= 15 is 0 Å². The minimum atomic E-state index is 0.0341. The number of amides is 1. The van der Waals surface area contributed by atoms with Gasteiger partial charge in [-0.2, -0.15) is 0 Å². The molecule has 3 nitrogen and oxygen atoms in total. The fraction of sp³-hybridized carbons (Fsp3) is 0.273. The number of benzene rings is 1. The topological polar surface area (TPSA) is 37.4 Å². The lowest BCUT2D eigenvalue weighted by Gasteiger charge is -2.14. The van der Waals surface area contributed by atoms with Crippen LogP contribution >= 0.6 is 0 Å². The summed E-state index contributed by atoms with van der Waals surface area (Å²) in [5, 5.41) is 0. The number of aldehydes is 1. The summed E-state index contributed by atoms with van der Waals surface area (Å²) in [5.74, 6) is 0.0341. The predicted molar refractivity (Wildman–Crippen MR) is 53.6 cm³/mol. The summed E-state index contributed by atoms with van der Waals surface area (Å²) in [4.78, 5) is 23.5. The molecule has 0 saturated carbocycles. The van der Waals surface area contributed by atoms with Crippen LogP contribution in [0.2, 0.25) is 0 Å². The second kappa shape index (κ2) is 3.25. The van der Waals surface area contributed by atoms with Gasteiger partial charge < -0.3 is 4.90 Å². The fourth-order valence-corrected chi connectivity index (χ4v) is 1.80. The third-order valence-corrected chi connectivity index (χ3v) is 2.52. The summed E-state index contributed by atoms with van der Waals surface area (Å²) < 4.78 is 0. The molecule has 1 aromatic rings. The quantitative estimate of drug-likeness (QED) is 0.626. The normalized spacial score (nSPS) is 13.9. The van der Waals surface area contributed by atoms with Gasteiger partial charge in [-0.25, -0.2) is 0 Å². The zero-order valence-corrected chi connectivity index (χ0v) is 7.99. The van der Waals surface area contributed by atoms with Crippen molar-refractivity contribution < 1.29 is 9.59 Å². The second-order valence-corrected chi connectivity index (χ2v) is 3.43. The molecular formula is C11H11NO2. The summed E-state index contributed by atoms with van der Waals surface area (Å²) in [6.45, 7) is 2.27. The molecule has 0 spiro atoms. The van der Waals surface area contributed by atoms with E-state index in [0.717, 1.165) is 30.5 Å². The lowest BCUT2D eigenvalue weighted by atomic mass is 10.1. The Bertz CT molecular complexity index is 398. The van der Waals surface area contributed by atoms with Gasteiger partial charge in [0.05, 0.1) is 0 Å². The molecule has 0 aromatic heterocycles. The number of carbonyl (C=O) groups excluding carboxylic acids is 2. The van der Waals surface area contributed by atoms with Gasteiger partial charge in [0.1, 0.15) is 6.29 Å². The van der Waals surface area contributed by atoms with Crippen molar-refractivity contribution in [3.05, 3.63) is 29.3 Å². The Labute approximate surface area is 82.3 Å². The van der Waals surface area contributed by atoms with E-state index in [9.17, 15) is 9.59 Å². The van der Waals surface area contributed by atoms with E-state index in [2.05, 4.69) is 0 Å². The molecule has 72 valence electrons. The molecule has 0 saturated heterocycles. The van der Waals surface area contributed by atoms with E-state index in [1.165, 1.54) is 0 Å². The van der Waals surface area contributed by atoms with Gasteiger partial charge in [0.15, 0.2) is 0 Å². The largest absolute Gasteiger partial charge is 0.312 e. The molecule has 3 heteroatoms. The first-order valence-corrected chi connectivity index (χ1v) is 4.58. The summed E-state index contributed by atoms with van der Waals surface area (Å²) in [7, 11) is 0. The number of hydrogen-bond acceptors (Lipinski definition) is 2. The van der Waals surface area contributed by atoms with Crippen LogP contribution < -0.4 is 4.90 Å². The molecule has 1 heterocycles. The van der Waals surface area contributed by atoms with Crippen LogP contribution in [-0.2, 0) is 11.2 Å². The molecule has 1 aliphatic rings. The van der Waals surface area contributed by atoms with Crippen molar-refractivity contribution in [2.45, 2.75) is 13.3 Å². The van der Waals surface area contributed by atoms with E-state index < -0.39 is 0 Å². The van der Waals surface area contributed by atoms with E-state index in [4.69, 9.17) is 0 Å². The number of hydrogen-bond donors (Lipinski definition) is 0. The Morgan fingerprint density at radius 2 is 2.29 bits per heavy atom. The maximum absolute atomic E-state index is 11.2. The highest BCUT2D eigenvalue weighted by molar-refractivity contribution is 5.95. The average molecular weight is 189 g/mol. The van der Waals surface area contributed by atoms with Gasteiger partial charge in [0, 0.05) is 24.7 Å². The third-order valence-electron chi connectivity index (χ3n) is 2.52. The predicted octanol–water partition coefficient (Wildman–Crippen LogP) is 1.41. The van der Waals surface area contributed by atoms with Gasteiger partial charge in [-0.05, 0) is 18.1 Å². The van der Waals surface area contributed by atoms with Crippen molar-refractivity contribution in [1.82, 2.24) is 0 Å². The maximum Gasteiger partial charge on any atom is 0.223 e. The average Bonchev–Trinajstić information content (AvgIpc) is 2.59. The second-order valence-electron chi connectivity index (χ2n) is 3.43. The van der Waals surface area contributed by atoms with Gasteiger partial charge in [0.25, 0.3) is 0 Å². The third kappa shape index (κ3) is 1.31. The molecule has 1 aliphatic heterocycles. The highest BCUT2D eigenvalue weighted by Crippen LogP contribution is 2.28. The van der Waals surface area contributed by atoms with E-state index in [1.807, 2.05) is 6.07 Å². The zero-order chi connectivity index (χ0) is 10.1. The smallest absolute Gasteiger partial charge is 0.223 e. The minimum absolute atomic E-state index is 0.0341. The summed E-state index contributed by atoms with van der Waals surface area (Å²) >= 11 is 0. The summed E-state index contributed by atoms with van der Waals surface area (Å²) in [5.41, 5.74) is 2.66. The number of anilines is 1. The van der Waals surface area contributed by atoms with Crippen molar-refractivity contribution >= 4 is 17.9 Å². The molecule has 14 heavy (non-hydrogen) atoms. The molecule has 0 N–H and O–H groups in total. The van der Waals surface area contributed by atoms with Crippen LogP contribution in [0.5, 0.6) is 0 Å². The molecule has 0 radical (unpaired) electrons. The van der Waals surface area contributed by atoms with Crippen LogP contribution in [0.25, 0.3) is 0 Å². The Kier molecular flexibility index (Phi) is 2.08.